The molecule has 2 rings (SSSR count). The van der Waals surface area contributed by atoms with E-state index in [1.165, 1.54) is 0 Å². The molecule has 0 saturated heterocycles. The fraction of sp³-hybridized carbons (Fsp3) is 0.474. The summed E-state index contributed by atoms with van der Waals surface area (Å²) < 4.78 is 32.7. The highest BCUT2D eigenvalue weighted by Gasteiger charge is 2.19. The molecule has 1 aromatic heterocycles. The van der Waals surface area contributed by atoms with Gasteiger partial charge < -0.3 is 9.52 Å². The number of aliphatic hydroxyl groups is 1. The molecule has 6 heteroatoms. The van der Waals surface area contributed by atoms with Gasteiger partial charge in [-0.25, -0.2) is 13.1 Å². The lowest BCUT2D eigenvalue weighted by Crippen LogP contribution is -2.26. The summed E-state index contributed by atoms with van der Waals surface area (Å²) in [5.41, 5.74) is 1.75. The molecule has 2 N–H and O–H groups in total. The zero-order valence-corrected chi connectivity index (χ0v) is 16.3. The first-order chi connectivity index (χ1) is 11.5. The van der Waals surface area contributed by atoms with Gasteiger partial charge in [0, 0.05) is 12.1 Å². The molecular weight excluding hydrogens is 338 g/mol. The summed E-state index contributed by atoms with van der Waals surface area (Å²) in [6.07, 6.45) is -0.484. The maximum atomic E-state index is 12.4. The van der Waals surface area contributed by atoms with Crippen LogP contribution in [-0.2, 0) is 15.4 Å². The molecule has 0 aliphatic rings. The Morgan fingerprint density at radius 1 is 1.16 bits per heavy atom. The van der Waals surface area contributed by atoms with Crippen molar-refractivity contribution < 1.29 is 17.9 Å². The molecule has 25 heavy (non-hydrogen) atoms. The molecule has 0 saturated carbocycles. The van der Waals surface area contributed by atoms with Gasteiger partial charge in [-0.3, -0.25) is 0 Å². The van der Waals surface area contributed by atoms with E-state index in [0.717, 1.165) is 11.3 Å². The van der Waals surface area contributed by atoms with Gasteiger partial charge in [-0.1, -0.05) is 32.9 Å². The van der Waals surface area contributed by atoms with Gasteiger partial charge in [0.15, 0.2) is 0 Å². The van der Waals surface area contributed by atoms with E-state index < -0.39 is 16.1 Å². The van der Waals surface area contributed by atoms with Crippen LogP contribution >= 0.6 is 0 Å². The lowest BCUT2D eigenvalue weighted by molar-refractivity contribution is 0.167. The molecule has 0 aliphatic carbocycles. The topological polar surface area (TPSA) is 79.5 Å². The van der Waals surface area contributed by atoms with E-state index in [1.54, 1.807) is 25.1 Å². The van der Waals surface area contributed by atoms with Crippen LogP contribution in [0.15, 0.2) is 39.6 Å². The molecule has 1 atom stereocenters. The highest BCUT2D eigenvalue weighted by Crippen LogP contribution is 2.25. The highest BCUT2D eigenvalue weighted by atomic mass is 32.2. The van der Waals surface area contributed by atoms with Crippen LogP contribution in [0.5, 0.6) is 0 Å². The van der Waals surface area contributed by atoms with Crippen LogP contribution in [0.25, 0.3) is 0 Å². The zero-order valence-electron chi connectivity index (χ0n) is 15.5. The third-order valence-corrected chi connectivity index (χ3v) is 5.66. The monoisotopic (exact) mass is 365 g/mol. The standard InChI is InChI=1S/C19H27NO4S/c1-13-12-17(14(2)24-13)18(21)10-11-20-25(22,23)16-8-6-15(7-9-16)19(3,4)5/h6-9,12,18,20-21H,10-11H2,1-5H3. The number of sulfonamides is 1. The van der Waals surface area contributed by atoms with Gasteiger partial charge >= 0.3 is 0 Å². The zero-order chi connectivity index (χ0) is 18.8. The smallest absolute Gasteiger partial charge is 0.240 e. The van der Waals surface area contributed by atoms with E-state index in [9.17, 15) is 13.5 Å². The second-order valence-electron chi connectivity index (χ2n) is 7.35. The second kappa shape index (κ2) is 7.32. The van der Waals surface area contributed by atoms with Crippen molar-refractivity contribution in [2.75, 3.05) is 6.54 Å². The fourth-order valence-corrected chi connectivity index (χ4v) is 3.73. The third kappa shape index (κ3) is 4.93. The molecular formula is C19H27NO4S. The molecule has 0 amide bonds. The normalized spacial score (nSPS) is 13.8. The predicted molar refractivity (Wildman–Crippen MR) is 98.1 cm³/mol. The first kappa shape index (κ1) is 19.7. The lowest BCUT2D eigenvalue weighted by atomic mass is 9.87. The number of benzene rings is 1. The van der Waals surface area contributed by atoms with Crippen LogP contribution in [0.1, 0.15) is 55.9 Å². The molecule has 1 heterocycles. The van der Waals surface area contributed by atoms with E-state index in [1.807, 2.05) is 19.1 Å². The van der Waals surface area contributed by atoms with Crippen molar-refractivity contribution in [1.29, 1.82) is 0 Å². The van der Waals surface area contributed by atoms with E-state index in [0.29, 0.717) is 11.3 Å². The summed E-state index contributed by atoms with van der Waals surface area (Å²) in [7, 11) is -3.59. The van der Waals surface area contributed by atoms with E-state index >= 15 is 0 Å². The van der Waals surface area contributed by atoms with Gasteiger partial charge in [0.05, 0.1) is 11.0 Å². The summed E-state index contributed by atoms with van der Waals surface area (Å²) >= 11 is 0. The lowest BCUT2D eigenvalue weighted by Gasteiger charge is -2.19. The summed E-state index contributed by atoms with van der Waals surface area (Å²) in [5, 5.41) is 10.2. The van der Waals surface area contributed by atoms with Crippen LogP contribution in [-0.4, -0.2) is 20.1 Å². The van der Waals surface area contributed by atoms with Gasteiger partial charge in [-0.15, -0.1) is 0 Å². The van der Waals surface area contributed by atoms with Crippen molar-refractivity contribution in [2.45, 2.75) is 57.5 Å². The number of hydrogen-bond donors (Lipinski definition) is 2. The number of furan rings is 1. The van der Waals surface area contributed by atoms with Crippen LogP contribution in [0.2, 0.25) is 0 Å². The summed E-state index contributed by atoms with van der Waals surface area (Å²) in [6, 6.07) is 8.67. The van der Waals surface area contributed by atoms with Crippen molar-refractivity contribution in [3.8, 4) is 0 Å². The Hall–Kier alpha value is -1.63. The predicted octanol–water partition coefficient (Wildman–Crippen LogP) is 3.60. The van der Waals surface area contributed by atoms with E-state index in [4.69, 9.17) is 4.42 Å². The number of rotatable bonds is 6. The number of aliphatic hydroxyl groups excluding tert-OH is 1. The van der Waals surface area contributed by atoms with Crippen molar-refractivity contribution in [3.63, 3.8) is 0 Å². The molecule has 1 aromatic carbocycles. The minimum Gasteiger partial charge on any atom is -0.466 e. The van der Waals surface area contributed by atoms with Crippen molar-refractivity contribution in [3.05, 3.63) is 53.0 Å². The largest absolute Gasteiger partial charge is 0.466 e. The molecule has 0 fully saturated rings. The van der Waals surface area contributed by atoms with Crippen molar-refractivity contribution >= 4 is 10.0 Å². The Labute approximate surface area is 150 Å². The quantitative estimate of drug-likeness (QED) is 0.820. The van der Waals surface area contributed by atoms with Gasteiger partial charge in [0.2, 0.25) is 10.0 Å². The molecule has 2 aromatic rings. The molecule has 0 aliphatic heterocycles. The molecule has 0 bridgehead atoms. The maximum Gasteiger partial charge on any atom is 0.240 e. The van der Waals surface area contributed by atoms with Crippen molar-refractivity contribution in [2.24, 2.45) is 0 Å². The van der Waals surface area contributed by atoms with E-state index in [2.05, 4.69) is 25.5 Å². The van der Waals surface area contributed by atoms with Crippen LogP contribution in [0, 0.1) is 13.8 Å². The number of nitrogens with one attached hydrogen (secondary N) is 1. The minimum atomic E-state index is -3.59. The summed E-state index contributed by atoms with van der Waals surface area (Å²) in [4.78, 5) is 0.227. The Morgan fingerprint density at radius 3 is 2.24 bits per heavy atom. The third-order valence-electron chi connectivity index (χ3n) is 4.18. The minimum absolute atomic E-state index is 0.0274. The van der Waals surface area contributed by atoms with Crippen LogP contribution in [0.3, 0.4) is 0 Å². The molecule has 1 unspecified atom stereocenters. The van der Waals surface area contributed by atoms with Gasteiger partial charge in [0.25, 0.3) is 0 Å². The highest BCUT2D eigenvalue weighted by molar-refractivity contribution is 7.89. The number of aryl methyl sites for hydroxylation is 2. The Morgan fingerprint density at radius 2 is 1.76 bits per heavy atom. The Balaban J connectivity index is 1.98. The van der Waals surface area contributed by atoms with Crippen LogP contribution in [0.4, 0.5) is 0 Å². The molecule has 5 nitrogen and oxygen atoms in total. The van der Waals surface area contributed by atoms with Crippen molar-refractivity contribution in [1.82, 2.24) is 4.72 Å². The maximum absolute atomic E-state index is 12.4. The fourth-order valence-electron chi connectivity index (χ4n) is 2.68. The average Bonchev–Trinajstić information content (AvgIpc) is 2.85. The number of hydrogen-bond acceptors (Lipinski definition) is 4. The summed E-state index contributed by atoms with van der Waals surface area (Å²) in [5.74, 6) is 1.39. The Bertz CT molecular complexity index is 814. The van der Waals surface area contributed by atoms with E-state index in [-0.39, 0.29) is 23.3 Å². The van der Waals surface area contributed by atoms with Crippen LogP contribution < -0.4 is 4.72 Å². The average molecular weight is 365 g/mol. The second-order valence-corrected chi connectivity index (χ2v) is 9.11. The SMILES string of the molecule is Cc1cc(C(O)CCNS(=O)(=O)c2ccc(C(C)(C)C)cc2)c(C)o1. The molecule has 0 spiro atoms. The van der Waals surface area contributed by atoms with Gasteiger partial charge in [-0.05, 0) is 49.4 Å². The first-order valence-electron chi connectivity index (χ1n) is 8.36. The Kier molecular flexibility index (Phi) is 5.76. The van der Waals surface area contributed by atoms with Gasteiger partial charge in [0.1, 0.15) is 11.5 Å². The summed E-state index contributed by atoms with van der Waals surface area (Å²) in [6.45, 7) is 9.98. The molecule has 0 radical (unpaired) electrons. The first-order valence-corrected chi connectivity index (χ1v) is 9.84. The molecule has 138 valence electrons. The van der Waals surface area contributed by atoms with Gasteiger partial charge in [-0.2, -0.15) is 0 Å².